The average Bonchev–Trinajstić information content (AvgIpc) is 3.14. The number of thioether (sulfide) groups is 1. The van der Waals surface area contributed by atoms with Gasteiger partial charge in [-0.1, -0.05) is 30.3 Å². The molecule has 0 aliphatic heterocycles. The van der Waals surface area contributed by atoms with Crippen molar-refractivity contribution in [2.45, 2.75) is 18.2 Å². The predicted molar refractivity (Wildman–Crippen MR) is 116 cm³/mol. The first kappa shape index (κ1) is 21.1. The molecule has 0 saturated carbocycles. The van der Waals surface area contributed by atoms with Gasteiger partial charge in [0.05, 0.1) is 12.3 Å². The molecule has 1 amide bonds. The van der Waals surface area contributed by atoms with Gasteiger partial charge < -0.3 is 10.1 Å². The Morgan fingerprint density at radius 3 is 2.52 bits per heavy atom. The molecule has 0 atom stereocenters. The third kappa shape index (κ3) is 5.92. The maximum atomic E-state index is 13.0. The quantitative estimate of drug-likeness (QED) is 0.360. The molecule has 3 aromatic rings. The minimum absolute atomic E-state index is 0.192. The summed E-state index contributed by atoms with van der Waals surface area (Å²) in [5, 5.41) is 2.83. The maximum Gasteiger partial charge on any atom is 0.350 e. The topological polar surface area (TPSA) is 55.4 Å². The fourth-order valence-corrected chi connectivity index (χ4v) is 4.45. The van der Waals surface area contributed by atoms with Gasteiger partial charge in [0.25, 0.3) is 0 Å². The van der Waals surface area contributed by atoms with Crippen LogP contribution in [0.5, 0.6) is 0 Å². The second-order valence-corrected chi connectivity index (χ2v) is 8.26. The normalized spacial score (nSPS) is 10.6. The molecular weight excluding hydrogens is 409 g/mol. The van der Waals surface area contributed by atoms with Crippen molar-refractivity contribution in [3.05, 3.63) is 71.4 Å². The van der Waals surface area contributed by atoms with Crippen LogP contribution in [0.25, 0.3) is 10.4 Å². The number of nitrogens with one attached hydrogen (secondary N) is 1. The largest absolute Gasteiger partial charge is 0.462 e. The van der Waals surface area contributed by atoms with Gasteiger partial charge >= 0.3 is 5.97 Å². The second-order valence-electron chi connectivity index (χ2n) is 6.04. The van der Waals surface area contributed by atoms with E-state index >= 15 is 0 Å². The highest BCUT2D eigenvalue weighted by molar-refractivity contribution is 7.99. The predicted octanol–water partition coefficient (Wildman–Crippen LogP) is 5.85. The molecule has 1 N–H and O–H groups in total. The van der Waals surface area contributed by atoms with Crippen LogP contribution in [0.4, 0.5) is 10.1 Å². The van der Waals surface area contributed by atoms with Crippen molar-refractivity contribution < 1.29 is 18.7 Å². The molecule has 29 heavy (non-hydrogen) atoms. The van der Waals surface area contributed by atoms with E-state index in [1.54, 1.807) is 25.1 Å². The van der Waals surface area contributed by atoms with Crippen LogP contribution < -0.4 is 5.32 Å². The van der Waals surface area contributed by atoms with Crippen molar-refractivity contribution in [2.75, 3.05) is 17.7 Å². The SMILES string of the molecule is CCOC(=O)c1sc(-c2ccccc2)cc1NC(=O)CCSc1ccc(F)cc1. The minimum atomic E-state index is -0.448. The van der Waals surface area contributed by atoms with E-state index in [0.29, 0.717) is 16.3 Å². The van der Waals surface area contributed by atoms with E-state index < -0.39 is 5.97 Å². The number of benzene rings is 2. The number of anilines is 1. The standard InChI is InChI=1S/C22H20FNO3S2/c1-2-27-22(26)21-18(14-19(29-21)15-6-4-3-5-7-15)24-20(25)12-13-28-17-10-8-16(23)9-11-17/h3-11,14H,2,12-13H2,1H3,(H,24,25). The number of ether oxygens (including phenoxy) is 1. The van der Waals surface area contributed by atoms with Gasteiger partial charge in [-0.15, -0.1) is 23.1 Å². The van der Waals surface area contributed by atoms with Crippen LogP contribution in [0.3, 0.4) is 0 Å². The lowest BCUT2D eigenvalue weighted by atomic mass is 10.2. The lowest BCUT2D eigenvalue weighted by Crippen LogP contribution is -2.14. The zero-order valence-electron chi connectivity index (χ0n) is 15.8. The molecule has 0 aliphatic rings. The summed E-state index contributed by atoms with van der Waals surface area (Å²) >= 11 is 2.77. The lowest BCUT2D eigenvalue weighted by Gasteiger charge is -2.06. The Balaban J connectivity index is 1.67. The number of hydrogen-bond donors (Lipinski definition) is 1. The van der Waals surface area contributed by atoms with Crippen LogP contribution in [0.2, 0.25) is 0 Å². The summed E-state index contributed by atoms with van der Waals surface area (Å²) in [5.41, 5.74) is 1.43. The zero-order chi connectivity index (χ0) is 20.6. The summed E-state index contributed by atoms with van der Waals surface area (Å²) in [5.74, 6) is -0.384. The molecule has 3 rings (SSSR count). The van der Waals surface area contributed by atoms with E-state index in [4.69, 9.17) is 4.74 Å². The molecule has 150 valence electrons. The molecular formula is C22H20FNO3S2. The molecule has 0 saturated heterocycles. The molecule has 0 bridgehead atoms. The van der Waals surface area contributed by atoms with Crippen LogP contribution in [-0.2, 0) is 9.53 Å². The van der Waals surface area contributed by atoms with Gasteiger partial charge in [-0.25, -0.2) is 9.18 Å². The Hall–Kier alpha value is -2.64. The van der Waals surface area contributed by atoms with Gasteiger partial charge in [0.2, 0.25) is 5.91 Å². The molecule has 0 radical (unpaired) electrons. The van der Waals surface area contributed by atoms with E-state index in [-0.39, 0.29) is 24.8 Å². The third-order valence-corrected chi connectivity index (χ3v) is 6.11. The highest BCUT2D eigenvalue weighted by Gasteiger charge is 2.20. The van der Waals surface area contributed by atoms with Crippen molar-refractivity contribution in [3.8, 4) is 10.4 Å². The van der Waals surface area contributed by atoms with Gasteiger partial charge in [0, 0.05) is 21.9 Å². The Kier molecular flexibility index (Phi) is 7.43. The van der Waals surface area contributed by atoms with Crippen LogP contribution in [0.1, 0.15) is 23.0 Å². The summed E-state index contributed by atoms with van der Waals surface area (Å²) < 4.78 is 18.1. The fourth-order valence-electron chi connectivity index (χ4n) is 2.58. The van der Waals surface area contributed by atoms with Crippen LogP contribution in [0.15, 0.2) is 65.6 Å². The van der Waals surface area contributed by atoms with E-state index in [1.807, 2.05) is 30.3 Å². The average molecular weight is 430 g/mol. The zero-order valence-corrected chi connectivity index (χ0v) is 17.4. The van der Waals surface area contributed by atoms with E-state index in [1.165, 1.54) is 35.2 Å². The number of rotatable bonds is 8. The van der Waals surface area contributed by atoms with Crippen molar-refractivity contribution in [3.63, 3.8) is 0 Å². The van der Waals surface area contributed by atoms with Crippen molar-refractivity contribution in [1.29, 1.82) is 0 Å². The minimum Gasteiger partial charge on any atom is -0.462 e. The summed E-state index contributed by atoms with van der Waals surface area (Å²) in [4.78, 5) is 26.9. The highest BCUT2D eigenvalue weighted by Crippen LogP contribution is 2.35. The maximum absolute atomic E-state index is 13.0. The monoisotopic (exact) mass is 429 g/mol. The van der Waals surface area contributed by atoms with Crippen LogP contribution in [0, 0.1) is 5.82 Å². The summed E-state index contributed by atoms with van der Waals surface area (Å²) in [7, 11) is 0. The van der Waals surface area contributed by atoms with E-state index in [9.17, 15) is 14.0 Å². The molecule has 7 heteroatoms. The molecule has 4 nitrogen and oxygen atoms in total. The number of halogens is 1. The van der Waals surface area contributed by atoms with Crippen molar-refractivity contribution in [1.82, 2.24) is 0 Å². The number of esters is 1. The Morgan fingerprint density at radius 2 is 1.83 bits per heavy atom. The number of thiophene rings is 1. The van der Waals surface area contributed by atoms with Crippen LogP contribution >= 0.6 is 23.1 Å². The number of carbonyl (C=O) groups excluding carboxylic acids is 2. The third-order valence-electron chi connectivity index (χ3n) is 3.94. The molecule has 0 aliphatic carbocycles. The fraction of sp³-hybridized carbons (Fsp3) is 0.182. The van der Waals surface area contributed by atoms with Gasteiger partial charge in [0.15, 0.2) is 0 Å². The molecule has 1 aromatic heterocycles. The van der Waals surface area contributed by atoms with Crippen LogP contribution in [-0.4, -0.2) is 24.2 Å². The van der Waals surface area contributed by atoms with E-state index in [2.05, 4.69) is 5.32 Å². The second kappa shape index (κ2) is 10.2. The Bertz CT molecular complexity index is 971. The van der Waals surface area contributed by atoms with E-state index in [0.717, 1.165) is 15.3 Å². The Labute approximate surface area is 177 Å². The molecule has 1 heterocycles. The number of carbonyl (C=O) groups is 2. The highest BCUT2D eigenvalue weighted by atomic mass is 32.2. The van der Waals surface area contributed by atoms with Gasteiger partial charge in [-0.3, -0.25) is 4.79 Å². The lowest BCUT2D eigenvalue weighted by molar-refractivity contribution is -0.115. The number of hydrogen-bond acceptors (Lipinski definition) is 5. The molecule has 2 aromatic carbocycles. The summed E-state index contributed by atoms with van der Waals surface area (Å²) in [6.07, 6.45) is 0.265. The molecule has 0 unspecified atom stereocenters. The molecule has 0 spiro atoms. The molecule has 0 fully saturated rings. The summed E-state index contributed by atoms with van der Waals surface area (Å²) in [6.45, 7) is 2.01. The number of amides is 1. The first-order chi connectivity index (χ1) is 14.1. The van der Waals surface area contributed by atoms with Gasteiger partial charge in [-0.05, 0) is 42.8 Å². The smallest absolute Gasteiger partial charge is 0.350 e. The first-order valence-corrected chi connectivity index (χ1v) is 10.9. The van der Waals surface area contributed by atoms with Crippen molar-refractivity contribution >= 4 is 40.7 Å². The van der Waals surface area contributed by atoms with Crippen molar-refractivity contribution in [2.24, 2.45) is 0 Å². The first-order valence-electron chi connectivity index (χ1n) is 9.11. The van der Waals surface area contributed by atoms with Gasteiger partial charge in [0.1, 0.15) is 10.7 Å². The summed E-state index contributed by atoms with van der Waals surface area (Å²) in [6, 6.07) is 17.6. The van der Waals surface area contributed by atoms with Gasteiger partial charge in [-0.2, -0.15) is 0 Å². The Morgan fingerprint density at radius 1 is 1.10 bits per heavy atom.